The van der Waals surface area contributed by atoms with E-state index in [-0.39, 0.29) is 29.1 Å². The van der Waals surface area contributed by atoms with E-state index in [1.165, 1.54) is 10.6 Å². The number of amides is 1. The lowest BCUT2D eigenvalue weighted by molar-refractivity contribution is 0.0919. The second kappa shape index (κ2) is 6.55. The maximum absolute atomic E-state index is 12.7. The molecule has 122 valence electrons. The monoisotopic (exact) mass is 334 g/mol. The van der Waals surface area contributed by atoms with Crippen molar-refractivity contribution in [1.29, 1.82) is 0 Å². The van der Waals surface area contributed by atoms with E-state index in [9.17, 15) is 13.2 Å². The highest BCUT2D eigenvalue weighted by molar-refractivity contribution is 7.89. The Labute approximate surface area is 135 Å². The van der Waals surface area contributed by atoms with Crippen LogP contribution in [0, 0.1) is 0 Å². The van der Waals surface area contributed by atoms with Crippen LogP contribution >= 0.6 is 0 Å². The molecule has 0 saturated carbocycles. The molecule has 2 aromatic rings. The molecule has 3 rings (SSSR count). The normalized spacial score (nSPS) is 18.9. The third-order valence-electron chi connectivity index (χ3n) is 3.92. The van der Waals surface area contributed by atoms with E-state index in [1.54, 1.807) is 42.5 Å². The van der Waals surface area contributed by atoms with Crippen molar-refractivity contribution in [2.75, 3.05) is 13.1 Å². The SMILES string of the molecule is O=C(NCC1CCCN1S(=O)(=O)c1ccccc1)c1ccco1. The van der Waals surface area contributed by atoms with E-state index in [4.69, 9.17) is 4.42 Å². The summed E-state index contributed by atoms with van der Waals surface area (Å²) in [6.45, 7) is 0.740. The molecule has 0 bridgehead atoms. The zero-order valence-electron chi connectivity index (χ0n) is 12.5. The van der Waals surface area contributed by atoms with Gasteiger partial charge in [-0.05, 0) is 37.1 Å². The van der Waals surface area contributed by atoms with Gasteiger partial charge >= 0.3 is 0 Å². The minimum absolute atomic E-state index is 0.223. The highest BCUT2D eigenvalue weighted by atomic mass is 32.2. The summed E-state index contributed by atoms with van der Waals surface area (Å²) in [5.41, 5.74) is 0. The average molecular weight is 334 g/mol. The molecule has 1 fully saturated rings. The molecule has 1 unspecified atom stereocenters. The van der Waals surface area contributed by atoms with Gasteiger partial charge in [0.1, 0.15) is 0 Å². The van der Waals surface area contributed by atoms with Gasteiger partial charge in [-0.3, -0.25) is 4.79 Å². The van der Waals surface area contributed by atoms with Crippen LogP contribution in [-0.4, -0.2) is 37.8 Å². The summed E-state index contributed by atoms with van der Waals surface area (Å²) in [5, 5.41) is 2.74. The van der Waals surface area contributed by atoms with Gasteiger partial charge in [0.15, 0.2) is 5.76 Å². The molecule has 1 aliphatic rings. The fraction of sp³-hybridized carbons (Fsp3) is 0.312. The molecule has 7 heteroatoms. The van der Waals surface area contributed by atoms with Crippen LogP contribution in [0.25, 0.3) is 0 Å². The first kappa shape index (κ1) is 15.8. The van der Waals surface area contributed by atoms with E-state index in [2.05, 4.69) is 5.32 Å². The van der Waals surface area contributed by atoms with Gasteiger partial charge in [0.2, 0.25) is 10.0 Å². The molecule has 1 aromatic heterocycles. The molecule has 23 heavy (non-hydrogen) atoms. The van der Waals surface area contributed by atoms with Gasteiger partial charge in [0.25, 0.3) is 5.91 Å². The Balaban J connectivity index is 1.69. The van der Waals surface area contributed by atoms with Gasteiger partial charge in [0.05, 0.1) is 11.2 Å². The predicted molar refractivity (Wildman–Crippen MR) is 84.4 cm³/mol. The molecule has 1 aromatic carbocycles. The summed E-state index contributed by atoms with van der Waals surface area (Å²) in [7, 11) is -3.53. The summed E-state index contributed by atoms with van der Waals surface area (Å²) < 4.78 is 31.9. The Morgan fingerprint density at radius 3 is 2.70 bits per heavy atom. The Morgan fingerprint density at radius 2 is 2.00 bits per heavy atom. The van der Waals surface area contributed by atoms with E-state index >= 15 is 0 Å². The van der Waals surface area contributed by atoms with Gasteiger partial charge in [0, 0.05) is 19.1 Å². The van der Waals surface area contributed by atoms with E-state index < -0.39 is 10.0 Å². The maximum atomic E-state index is 12.7. The number of carbonyl (C=O) groups is 1. The number of carbonyl (C=O) groups excluding carboxylic acids is 1. The van der Waals surface area contributed by atoms with Crippen LogP contribution in [0.3, 0.4) is 0 Å². The Bertz CT molecular complexity index is 757. The van der Waals surface area contributed by atoms with Crippen molar-refractivity contribution in [3.05, 3.63) is 54.5 Å². The molecule has 1 amide bonds. The topological polar surface area (TPSA) is 79.6 Å². The summed E-state index contributed by atoms with van der Waals surface area (Å²) in [5.74, 6) is -0.112. The third-order valence-corrected chi connectivity index (χ3v) is 5.88. The summed E-state index contributed by atoms with van der Waals surface area (Å²) in [4.78, 5) is 12.2. The molecule has 1 saturated heterocycles. The molecule has 0 aliphatic carbocycles. The summed E-state index contributed by atoms with van der Waals surface area (Å²) in [6, 6.07) is 11.3. The molecule has 1 N–H and O–H groups in total. The van der Waals surface area contributed by atoms with E-state index in [1.807, 2.05) is 0 Å². The average Bonchev–Trinajstić information content (AvgIpc) is 3.25. The van der Waals surface area contributed by atoms with Crippen molar-refractivity contribution in [3.63, 3.8) is 0 Å². The fourth-order valence-electron chi connectivity index (χ4n) is 2.76. The molecular formula is C16H18N2O4S. The number of benzene rings is 1. The van der Waals surface area contributed by atoms with E-state index in [0.29, 0.717) is 6.54 Å². The minimum atomic E-state index is -3.53. The van der Waals surface area contributed by atoms with Gasteiger partial charge < -0.3 is 9.73 Å². The highest BCUT2D eigenvalue weighted by Crippen LogP contribution is 2.25. The van der Waals surface area contributed by atoms with Crippen LogP contribution < -0.4 is 5.32 Å². The maximum Gasteiger partial charge on any atom is 0.287 e. The van der Waals surface area contributed by atoms with Crippen molar-refractivity contribution in [2.24, 2.45) is 0 Å². The van der Waals surface area contributed by atoms with Gasteiger partial charge in [-0.25, -0.2) is 8.42 Å². The van der Waals surface area contributed by atoms with Crippen molar-refractivity contribution < 1.29 is 17.6 Å². The fourth-order valence-corrected chi connectivity index (χ4v) is 4.48. The molecule has 6 nitrogen and oxygen atoms in total. The molecule has 1 atom stereocenters. The zero-order chi connectivity index (χ0) is 16.3. The molecule has 0 spiro atoms. The van der Waals surface area contributed by atoms with Crippen LogP contribution in [-0.2, 0) is 10.0 Å². The molecule has 2 heterocycles. The highest BCUT2D eigenvalue weighted by Gasteiger charge is 2.35. The van der Waals surface area contributed by atoms with Gasteiger partial charge in [-0.15, -0.1) is 0 Å². The van der Waals surface area contributed by atoms with Crippen molar-refractivity contribution in [3.8, 4) is 0 Å². The second-order valence-electron chi connectivity index (χ2n) is 5.41. The minimum Gasteiger partial charge on any atom is -0.459 e. The van der Waals surface area contributed by atoms with Crippen LogP contribution in [0.2, 0.25) is 0 Å². The Hall–Kier alpha value is -2.12. The first-order valence-corrected chi connectivity index (χ1v) is 8.91. The first-order valence-electron chi connectivity index (χ1n) is 7.47. The lowest BCUT2D eigenvalue weighted by atomic mass is 10.2. The number of hydrogen-bond donors (Lipinski definition) is 1. The smallest absolute Gasteiger partial charge is 0.287 e. The Morgan fingerprint density at radius 1 is 1.22 bits per heavy atom. The number of rotatable bonds is 5. The first-order chi connectivity index (χ1) is 11.1. The number of sulfonamides is 1. The van der Waals surface area contributed by atoms with Crippen LogP contribution in [0.1, 0.15) is 23.4 Å². The number of furan rings is 1. The molecule has 0 radical (unpaired) electrons. The van der Waals surface area contributed by atoms with Crippen LogP contribution in [0.4, 0.5) is 0 Å². The van der Waals surface area contributed by atoms with Crippen LogP contribution in [0.15, 0.2) is 58.0 Å². The van der Waals surface area contributed by atoms with E-state index in [0.717, 1.165) is 12.8 Å². The van der Waals surface area contributed by atoms with Crippen LogP contribution in [0.5, 0.6) is 0 Å². The third kappa shape index (κ3) is 3.30. The largest absolute Gasteiger partial charge is 0.459 e. The lowest BCUT2D eigenvalue weighted by Gasteiger charge is -2.24. The summed E-state index contributed by atoms with van der Waals surface area (Å²) in [6.07, 6.45) is 2.94. The number of nitrogens with zero attached hydrogens (tertiary/aromatic N) is 1. The number of nitrogens with one attached hydrogen (secondary N) is 1. The lowest BCUT2D eigenvalue weighted by Crippen LogP contribution is -2.43. The zero-order valence-corrected chi connectivity index (χ0v) is 13.3. The van der Waals surface area contributed by atoms with Gasteiger partial charge in [-0.2, -0.15) is 4.31 Å². The molecular weight excluding hydrogens is 316 g/mol. The summed E-state index contributed by atoms with van der Waals surface area (Å²) >= 11 is 0. The molecule has 1 aliphatic heterocycles. The van der Waals surface area contributed by atoms with Crippen molar-refractivity contribution in [1.82, 2.24) is 9.62 Å². The Kier molecular flexibility index (Phi) is 4.49. The standard InChI is InChI=1S/C16H18N2O4S/c19-16(15-9-5-11-22-15)17-12-13-6-4-10-18(13)23(20,21)14-7-2-1-3-8-14/h1-3,5,7-9,11,13H,4,6,10,12H2,(H,17,19). The number of hydrogen-bond acceptors (Lipinski definition) is 4. The van der Waals surface area contributed by atoms with Gasteiger partial charge in [-0.1, -0.05) is 18.2 Å². The quantitative estimate of drug-likeness (QED) is 0.905. The van der Waals surface area contributed by atoms with Crippen molar-refractivity contribution >= 4 is 15.9 Å². The second-order valence-corrected chi connectivity index (χ2v) is 7.30. The van der Waals surface area contributed by atoms with Crippen molar-refractivity contribution in [2.45, 2.75) is 23.8 Å². The predicted octanol–water partition coefficient (Wildman–Crippen LogP) is 1.86.